The summed E-state index contributed by atoms with van der Waals surface area (Å²) >= 11 is 0. The second-order valence-electron chi connectivity index (χ2n) is 26.7. The highest BCUT2D eigenvalue weighted by Gasteiger charge is 2.58. The summed E-state index contributed by atoms with van der Waals surface area (Å²) in [7, 11) is -5.69. The van der Waals surface area contributed by atoms with Gasteiger partial charge in [-0.25, -0.2) is 4.57 Å². The number of carbonyl (C=O) groups is 3. The molecule has 3 fully saturated rings. The van der Waals surface area contributed by atoms with E-state index in [1.54, 1.807) is 0 Å². The van der Waals surface area contributed by atoms with Crippen molar-refractivity contribution in [1.29, 1.82) is 0 Å². The Hall–Kier alpha value is -2.04. The van der Waals surface area contributed by atoms with Crippen molar-refractivity contribution in [2.24, 2.45) is 0 Å². The molecule has 0 aromatic carbocycles. The van der Waals surface area contributed by atoms with Crippen molar-refractivity contribution >= 4 is 25.7 Å². The van der Waals surface area contributed by atoms with E-state index in [4.69, 9.17) is 42.2 Å². The van der Waals surface area contributed by atoms with Gasteiger partial charge in [0, 0.05) is 19.3 Å². The molecular weight excluding hydrogens is 1240 g/mol. The molecule has 1 saturated carbocycles. The van der Waals surface area contributed by atoms with Crippen LogP contribution in [-0.4, -0.2) is 204 Å². The van der Waals surface area contributed by atoms with Gasteiger partial charge in [-0.1, -0.05) is 252 Å². The zero-order valence-corrected chi connectivity index (χ0v) is 58.4. The molecule has 18 atom stereocenters. The van der Waals surface area contributed by atoms with Crippen LogP contribution in [0.4, 0.5) is 0 Å². The summed E-state index contributed by atoms with van der Waals surface area (Å²) < 4.78 is 64.9. The lowest BCUT2D eigenvalue weighted by atomic mass is 9.84. The molecule has 18 unspecified atom stereocenters. The lowest BCUT2D eigenvalue weighted by molar-refractivity contribution is -0.360. The average Bonchev–Trinajstić information content (AvgIpc) is 0.766. The summed E-state index contributed by atoms with van der Waals surface area (Å²) in [5.41, 5.74) is 0. The quantitative estimate of drug-likeness (QED) is 0.0117. The van der Waals surface area contributed by atoms with Crippen LogP contribution in [0.2, 0.25) is 0 Å². The lowest BCUT2D eigenvalue weighted by Gasteiger charge is -2.49. The highest BCUT2D eigenvalue weighted by atomic mass is 31.2. The highest BCUT2D eigenvalue weighted by molar-refractivity contribution is 7.47. The van der Waals surface area contributed by atoms with Crippen LogP contribution < -0.4 is 0 Å². The number of hydrogen-bond donors (Lipinski definition) is 11. The molecule has 25 heteroatoms. The third-order valence-electron chi connectivity index (χ3n) is 18.4. The summed E-state index contributed by atoms with van der Waals surface area (Å²) in [4.78, 5) is 50.9. The Morgan fingerprint density at radius 1 is 0.372 bits per heavy atom. The first-order valence-electron chi connectivity index (χ1n) is 36.8. The maximum absolute atomic E-state index is 14.3. The molecule has 0 aromatic heterocycles. The fourth-order valence-electron chi connectivity index (χ4n) is 12.3. The van der Waals surface area contributed by atoms with Gasteiger partial charge in [0.25, 0.3) is 0 Å². The Morgan fingerprint density at radius 2 is 0.681 bits per heavy atom. The van der Waals surface area contributed by atoms with Gasteiger partial charge >= 0.3 is 25.7 Å². The third-order valence-corrected chi connectivity index (χ3v) is 19.4. The van der Waals surface area contributed by atoms with Crippen LogP contribution in [0.3, 0.4) is 0 Å². The Balaban J connectivity index is 1.73. The standard InChI is InChI=1S/C69H129O24P/c1-4-7-10-13-16-19-22-23-24-25-26-27-30-32-34-37-40-43-53(71)85-47-50(88-55(73)45-42-39-36-33-29-21-18-15-12-9-6-3)48-87-94(83,84)93-67-65(91-68-63(81)58(76)56(74)51(46-70)89-68)61(79)60(78)62(80)66(67)92-69-64(82)59(77)57(75)52(90-69)49-86-54(72)44-41-38-35-31-28-20-17-14-11-8-5-2/h50-52,56-70,74-82H,4-49H2,1-3H3,(H,83,84). The smallest absolute Gasteiger partial charge is 0.463 e. The third kappa shape index (κ3) is 35.3. The molecule has 2 heterocycles. The molecular formula is C69H129O24P. The molecule has 0 bridgehead atoms. The number of phosphoric acid groups is 1. The predicted octanol–water partition coefficient (Wildman–Crippen LogP) is 9.40. The normalized spacial score (nSPS) is 28.2. The minimum absolute atomic E-state index is 0.0327. The summed E-state index contributed by atoms with van der Waals surface area (Å²) in [5.74, 6) is -1.98. The van der Waals surface area contributed by atoms with E-state index >= 15 is 0 Å². The monoisotopic (exact) mass is 1370 g/mol. The van der Waals surface area contributed by atoms with Crippen LogP contribution in [0.1, 0.15) is 290 Å². The molecule has 554 valence electrons. The van der Waals surface area contributed by atoms with Crippen LogP contribution in [0.15, 0.2) is 0 Å². The molecule has 0 amide bonds. The van der Waals surface area contributed by atoms with Crippen LogP contribution in [-0.2, 0) is 61.2 Å². The molecule has 2 saturated heterocycles. The van der Waals surface area contributed by atoms with Gasteiger partial charge in [-0.2, -0.15) is 0 Å². The van der Waals surface area contributed by atoms with E-state index in [0.29, 0.717) is 19.3 Å². The van der Waals surface area contributed by atoms with Crippen molar-refractivity contribution in [3.8, 4) is 0 Å². The fraction of sp³-hybridized carbons (Fsp3) is 0.957. The number of aliphatic hydroxyl groups is 10. The zero-order chi connectivity index (χ0) is 68.9. The van der Waals surface area contributed by atoms with Crippen LogP contribution in [0.25, 0.3) is 0 Å². The number of rotatable bonds is 57. The SMILES string of the molecule is CCCCCCCCCCCCCCCCCCCC(=O)OCC(COP(=O)(O)OC1C(OC2OC(CO)C(O)C(O)C2O)C(O)C(O)C(O)C1OC1OC(COC(=O)CCCCCCCCCCCCC)C(O)C(O)C1O)OC(=O)CCCCCCCCCCCCC. The number of hydrogen-bond acceptors (Lipinski definition) is 23. The highest BCUT2D eigenvalue weighted by Crippen LogP contribution is 2.49. The summed E-state index contributed by atoms with van der Waals surface area (Å²) in [6.45, 7) is 3.43. The van der Waals surface area contributed by atoms with Crippen molar-refractivity contribution in [2.45, 2.75) is 395 Å². The molecule has 2 aliphatic heterocycles. The number of phosphoric ester groups is 1. The zero-order valence-electron chi connectivity index (χ0n) is 57.5. The Morgan fingerprint density at radius 3 is 1.04 bits per heavy atom. The van der Waals surface area contributed by atoms with E-state index in [1.165, 1.54) is 141 Å². The molecule has 24 nitrogen and oxygen atoms in total. The van der Waals surface area contributed by atoms with Crippen molar-refractivity contribution in [3.05, 3.63) is 0 Å². The van der Waals surface area contributed by atoms with Crippen molar-refractivity contribution in [3.63, 3.8) is 0 Å². The maximum Gasteiger partial charge on any atom is 0.472 e. The van der Waals surface area contributed by atoms with Gasteiger partial charge in [0.05, 0.1) is 13.2 Å². The van der Waals surface area contributed by atoms with Gasteiger partial charge in [0.1, 0.15) is 98.7 Å². The molecule has 1 aliphatic carbocycles. The van der Waals surface area contributed by atoms with Crippen LogP contribution in [0.5, 0.6) is 0 Å². The minimum Gasteiger partial charge on any atom is -0.463 e. The Labute approximate surface area is 561 Å². The second-order valence-corrected chi connectivity index (χ2v) is 28.1. The van der Waals surface area contributed by atoms with E-state index in [1.807, 2.05) is 0 Å². The Bertz CT molecular complexity index is 1960. The molecule has 94 heavy (non-hydrogen) atoms. The number of ether oxygens (including phenoxy) is 7. The van der Waals surface area contributed by atoms with Gasteiger partial charge in [-0.3, -0.25) is 23.4 Å². The number of carbonyl (C=O) groups excluding carboxylic acids is 3. The van der Waals surface area contributed by atoms with Crippen LogP contribution >= 0.6 is 7.82 Å². The van der Waals surface area contributed by atoms with Crippen molar-refractivity contribution < 1.29 is 117 Å². The minimum atomic E-state index is -5.69. The van der Waals surface area contributed by atoms with E-state index in [0.717, 1.165) is 89.9 Å². The first-order valence-corrected chi connectivity index (χ1v) is 38.3. The lowest BCUT2D eigenvalue weighted by Crippen LogP contribution is -2.69. The summed E-state index contributed by atoms with van der Waals surface area (Å²) in [6.07, 6.45) is 7.70. The molecule has 0 aromatic rings. The molecule has 0 radical (unpaired) electrons. The predicted molar refractivity (Wildman–Crippen MR) is 352 cm³/mol. The van der Waals surface area contributed by atoms with Gasteiger partial charge in [-0.05, 0) is 19.3 Å². The van der Waals surface area contributed by atoms with E-state index in [9.17, 15) is 74.9 Å². The first-order chi connectivity index (χ1) is 45.3. The largest absolute Gasteiger partial charge is 0.472 e. The van der Waals surface area contributed by atoms with Gasteiger partial charge < -0.3 is 89.1 Å². The topological polar surface area (TPSA) is 374 Å². The molecule has 3 aliphatic rings. The second kappa shape index (κ2) is 52.0. The van der Waals surface area contributed by atoms with E-state index < -0.39 is 156 Å². The van der Waals surface area contributed by atoms with Crippen molar-refractivity contribution in [1.82, 2.24) is 0 Å². The number of esters is 3. The van der Waals surface area contributed by atoms with Gasteiger partial charge in [-0.15, -0.1) is 0 Å². The number of aliphatic hydroxyl groups excluding tert-OH is 10. The summed E-state index contributed by atoms with van der Waals surface area (Å²) in [6, 6.07) is 0. The van der Waals surface area contributed by atoms with E-state index in [-0.39, 0.29) is 19.3 Å². The van der Waals surface area contributed by atoms with Gasteiger partial charge in [0.15, 0.2) is 18.7 Å². The molecule has 0 spiro atoms. The summed E-state index contributed by atoms with van der Waals surface area (Å²) in [5, 5.41) is 110. The fourth-order valence-corrected chi connectivity index (χ4v) is 13.3. The number of unbranched alkanes of at least 4 members (excludes halogenated alkanes) is 36. The molecule has 11 N–H and O–H groups in total. The van der Waals surface area contributed by atoms with Crippen molar-refractivity contribution in [2.75, 3.05) is 26.4 Å². The first kappa shape index (κ1) is 86.2. The average molecular weight is 1370 g/mol. The van der Waals surface area contributed by atoms with Crippen LogP contribution in [0, 0.1) is 0 Å². The van der Waals surface area contributed by atoms with Gasteiger partial charge in [0.2, 0.25) is 0 Å². The maximum atomic E-state index is 14.3. The Kier molecular flexibility index (Phi) is 47.7. The van der Waals surface area contributed by atoms with E-state index in [2.05, 4.69) is 20.8 Å². The molecule has 3 rings (SSSR count).